The van der Waals surface area contributed by atoms with Crippen LogP contribution in [0.15, 0.2) is 0 Å². The maximum Gasteiger partial charge on any atom is 0.201 e. The van der Waals surface area contributed by atoms with Crippen molar-refractivity contribution in [1.29, 1.82) is 0 Å². The van der Waals surface area contributed by atoms with E-state index in [1.165, 1.54) is 19.3 Å². The van der Waals surface area contributed by atoms with Gasteiger partial charge in [0.25, 0.3) is 0 Å². The van der Waals surface area contributed by atoms with Gasteiger partial charge in [0.1, 0.15) is 0 Å². The van der Waals surface area contributed by atoms with E-state index in [2.05, 4.69) is 0 Å². The molecule has 1 nitrogen and oxygen atoms in total. The molecule has 1 rings (SSSR count). The van der Waals surface area contributed by atoms with Crippen LogP contribution >= 0.6 is 0 Å². The van der Waals surface area contributed by atoms with E-state index in [0.29, 0.717) is 5.92 Å². The summed E-state index contributed by atoms with van der Waals surface area (Å²) in [6.45, 7) is 1.96. The summed E-state index contributed by atoms with van der Waals surface area (Å²) in [5, 5.41) is 0. The van der Waals surface area contributed by atoms with Crippen LogP contribution in [0.3, 0.4) is 0 Å². The van der Waals surface area contributed by atoms with Crippen LogP contribution in [0.2, 0.25) is 0 Å². The average Bonchev–Trinajstić information content (AvgIpc) is 1.62. The van der Waals surface area contributed by atoms with Crippen LogP contribution < -0.4 is 0 Å². The predicted molar refractivity (Wildman–Crippen MR) is 32.2 cm³/mol. The lowest BCUT2D eigenvalue weighted by atomic mass is 9.77. The summed E-state index contributed by atoms with van der Waals surface area (Å²) < 4.78 is 0. The van der Waals surface area contributed by atoms with Crippen LogP contribution in [0, 0.1) is 11.8 Å². The molecule has 0 N–H and O–H groups in total. The molecule has 1 radical (unpaired) electrons. The van der Waals surface area contributed by atoms with Crippen LogP contribution in [0.25, 0.3) is 0 Å². The molecule has 0 saturated heterocycles. The maximum absolute atomic E-state index is 10.0. The topological polar surface area (TPSA) is 17.1 Å². The number of carbonyl (C=O) groups excluding carboxylic acids is 1. The SMILES string of the molecule is CC([C]=O)C1CCC1. The second kappa shape index (κ2) is 2.29. The predicted octanol–water partition coefficient (Wildman–Crippen LogP) is 1.53. The van der Waals surface area contributed by atoms with Crippen LogP contribution in [0.1, 0.15) is 26.2 Å². The van der Waals surface area contributed by atoms with E-state index in [1.807, 2.05) is 13.2 Å². The van der Waals surface area contributed by atoms with Gasteiger partial charge in [0.15, 0.2) is 0 Å². The first kappa shape index (κ1) is 5.80. The van der Waals surface area contributed by atoms with Crippen molar-refractivity contribution in [2.24, 2.45) is 11.8 Å². The molecule has 1 unspecified atom stereocenters. The van der Waals surface area contributed by atoms with E-state index in [1.54, 1.807) is 0 Å². The molecule has 1 heteroatoms. The van der Waals surface area contributed by atoms with Gasteiger partial charge in [-0.3, -0.25) is 4.79 Å². The van der Waals surface area contributed by atoms with Crippen LogP contribution in [0.4, 0.5) is 0 Å². The van der Waals surface area contributed by atoms with Gasteiger partial charge in [-0.05, 0) is 18.8 Å². The zero-order valence-corrected chi connectivity index (χ0v) is 5.18. The smallest absolute Gasteiger partial charge is 0.201 e. The minimum Gasteiger partial charge on any atom is -0.291 e. The molecule has 0 aromatic carbocycles. The first-order chi connectivity index (χ1) is 3.84. The van der Waals surface area contributed by atoms with Gasteiger partial charge in [-0.25, -0.2) is 0 Å². The van der Waals surface area contributed by atoms with Gasteiger partial charge >= 0.3 is 0 Å². The summed E-state index contributed by atoms with van der Waals surface area (Å²) in [5.41, 5.74) is 0. The van der Waals surface area contributed by atoms with Gasteiger partial charge < -0.3 is 0 Å². The second-order valence-electron chi connectivity index (χ2n) is 2.60. The van der Waals surface area contributed by atoms with Crippen molar-refractivity contribution in [3.63, 3.8) is 0 Å². The third-order valence-corrected chi connectivity index (χ3v) is 2.04. The summed E-state index contributed by atoms with van der Waals surface area (Å²) in [6, 6.07) is 0. The highest BCUT2D eigenvalue weighted by Crippen LogP contribution is 2.31. The maximum atomic E-state index is 10.0. The fourth-order valence-corrected chi connectivity index (χ4v) is 1.04. The third kappa shape index (κ3) is 0.908. The van der Waals surface area contributed by atoms with Crippen molar-refractivity contribution in [3.05, 3.63) is 0 Å². The quantitative estimate of drug-likeness (QED) is 0.528. The summed E-state index contributed by atoms with van der Waals surface area (Å²) in [5.74, 6) is 0.872. The zero-order valence-electron chi connectivity index (χ0n) is 5.18. The standard InChI is InChI=1S/C7H11O/c1-6(5-8)7-3-2-4-7/h6-7H,2-4H2,1H3. The van der Waals surface area contributed by atoms with Crippen molar-refractivity contribution in [2.45, 2.75) is 26.2 Å². The Morgan fingerprint density at radius 1 is 1.62 bits per heavy atom. The molecule has 1 aliphatic carbocycles. The van der Waals surface area contributed by atoms with Crippen molar-refractivity contribution >= 4 is 6.29 Å². The Morgan fingerprint density at radius 2 is 2.25 bits per heavy atom. The zero-order chi connectivity index (χ0) is 5.98. The molecule has 1 aliphatic rings. The molecule has 1 saturated carbocycles. The minimum atomic E-state index is 0.198. The first-order valence-electron chi connectivity index (χ1n) is 3.22. The first-order valence-corrected chi connectivity index (χ1v) is 3.22. The van der Waals surface area contributed by atoms with E-state index < -0.39 is 0 Å². The fraction of sp³-hybridized carbons (Fsp3) is 0.857. The Labute approximate surface area is 50.1 Å². The monoisotopic (exact) mass is 111 g/mol. The molecule has 0 aromatic rings. The van der Waals surface area contributed by atoms with Gasteiger partial charge in [-0.2, -0.15) is 0 Å². The van der Waals surface area contributed by atoms with Crippen molar-refractivity contribution in [2.75, 3.05) is 0 Å². The van der Waals surface area contributed by atoms with E-state index in [9.17, 15) is 4.79 Å². The van der Waals surface area contributed by atoms with E-state index >= 15 is 0 Å². The van der Waals surface area contributed by atoms with Crippen molar-refractivity contribution in [1.82, 2.24) is 0 Å². The minimum absolute atomic E-state index is 0.198. The Balaban J connectivity index is 2.22. The molecule has 8 heavy (non-hydrogen) atoms. The molecule has 1 atom stereocenters. The Bertz CT molecular complexity index is 84.4. The van der Waals surface area contributed by atoms with Gasteiger partial charge in [-0.1, -0.05) is 13.3 Å². The molecule has 1 fully saturated rings. The van der Waals surface area contributed by atoms with Crippen molar-refractivity contribution in [3.8, 4) is 0 Å². The average molecular weight is 111 g/mol. The highest BCUT2D eigenvalue weighted by Gasteiger charge is 2.23. The summed E-state index contributed by atoms with van der Waals surface area (Å²) in [7, 11) is 0. The molecule has 0 aromatic heterocycles. The molecule has 0 heterocycles. The lowest BCUT2D eigenvalue weighted by molar-refractivity contribution is 0.262. The Kier molecular flexibility index (Phi) is 1.66. The number of hydrogen-bond acceptors (Lipinski definition) is 1. The molecule has 0 amide bonds. The largest absolute Gasteiger partial charge is 0.291 e. The Morgan fingerprint density at radius 3 is 2.38 bits per heavy atom. The van der Waals surface area contributed by atoms with Crippen molar-refractivity contribution < 1.29 is 4.79 Å². The van der Waals surface area contributed by atoms with Gasteiger partial charge in [0.2, 0.25) is 6.29 Å². The fourth-order valence-electron chi connectivity index (χ4n) is 1.04. The molecular weight excluding hydrogens is 100 g/mol. The molecular formula is C7H11O. The summed E-state index contributed by atoms with van der Waals surface area (Å²) >= 11 is 0. The van der Waals surface area contributed by atoms with Crippen LogP contribution in [0.5, 0.6) is 0 Å². The van der Waals surface area contributed by atoms with Gasteiger partial charge in [0, 0.05) is 5.92 Å². The molecule has 0 spiro atoms. The number of hydrogen-bond donors (Lipinski definition) is 0. The highest BCUT2D eigenvalue weighted by molar-refractivity contribution is 5.54. The highest BCUT2D eigenvalue weighted by atomic mass is 16.1. The summed E-state index contributed by atoms with van der Waals surface area (Å²) in [4.78, 5) is 10.0. The molecule has 45 valence electrons. The second-order valence-corrected chi connectivity index (χ2v) is 2.60. The van der Waals surface area contributed by atoms with E-state index in [4.69, 9.17) is 0 Å². The Hall–Kier alpha value is -0.330. The van der Waals surface area contributed by atoms with E-state index in [0.717, 1.165) is 0 Å². The third-order valence-electron chi connectivity index (χ3n) is 2.04. The lowest BCUT2D eigenvalue weighted by Gasteiger charge is -2.27. The molecule has 0 aliphatic heterocycles. The van der Waals surface area contributed by atoms with Gasteiger partial charge in [0.05, 0.1) is 0 Å². The van der Waals surface area contributed by atoms with Crippen LogP contribution in [-0.2, 0) is 4.79 Å². The van der Waals surface area contributed by atoms with Crippen LogP contribution in [-0.4, -0.2) is 6.29 Å². The lowest BCUT2D eigenvalue weighted by Crippen LogP contribution is -2.20. The van der Waals surface area contributed by atoms with Gasteiger partial charge in [-0.15, -0.1) is 0 Å². The number of rotatable bonds is 2. The van der Waals surface area contributed by atoms with E-state index in [-0.39, 0.29) is 5.92 Å². The molecule has 0 bridgehead atoms. The normalized spacial score (nSPS) is 24.1. The summed E-state index contributed by atoms with van der Waals surface area (Å²) in [6.07, 6.45) is 5.83.